The number of carbonyl (C=O) groups is 1. The van der Waals surface area contributed by atoms with Crippen molar-refractivity contribution in [2.24, 2.45) is 0 Å². The average Bonchev–Trinajstić information content (AvgIpc) is 2.62. The summed E-state index contributed by atoms with van der Waals surface area (Å²) in [5.41, 5.74) is 3.59. The minimum atomic E-state index is -0.157. The van der Waals surface area contributed by atoms with E-state index in [4.69, 9.17) is 11.6 Å². The second kappa shape index (κ2) is 8.50. The van der Waals surface area contributed by atoms with Crippen LogP contribution in [0.3, 0.4) is 0 Å². The monoisotopic (exact) mass is 365 g/mol. The minimum absolute atomic E-state index is 0.157. The summed E-state index contributed by atoms with van der Waals surface area (Å²) in [5.74, 6) is 0.514. The van der Waals surface area contributed by atoms with E-state index in [-0.39, 0.29) is 5.91 Å². The number of nitrogens with zero attached hydrogens (tertiary/aromatic N) is 1. The predicted octanol–water partition coefficient (Wildman–Crippen LogP) is 4.95. The lowest BCUT2D eigenvalue weighted by molar-refractivity contribution is 0.102. The molecule has 0 aliphatic carbocycles. The van der Waals surface area contributed by atoms with Crippen LogP contribution in [-0.2, 0) is 6.42 Å². The van der Waals surface area contributed by atoms with Gasteiger partial charge in [-0.3, -0.25) is 4.79 Å². The quantitative estimate of drug-likeness (QED) is 0.649. The van der Waals surface area contributed by atoms with Crippen LogP contribution in [0, 0.1) is 6.92 Å². The maximum absolute atomic E-state index is 12.4. The van der Waals surface area contributed by atoms with Crippen molar-refractivity contribution in [3.05, 3.63) is 88.6 Å². The molecule has 1 aromatic heterocycles. The lowest BCUT2D eigenvalue weighted by atomic mass is 10.1. The van der Waals surface area contributed by atoms with Crippen molar-refractivity contribution in [1.29, 1.82) is 0 Å². The molecule has 0 fully saturated rings. The van der Waals surface area contributed by atoms with Crippen molar-refractivity contribution in [3.63, 3.8) is 0 Å². The number of halogens is 1. The normalized spacial score (nSPS) is 10.4. The molecule has 0 spiro atoms. The topological polar surface area (TPSA) is 54.0 Å². The fraction of sp³-hybridized carbons (Fsp3) is 0.143. The van der Waals surface area contributed by atoms with E-state index in [0.29, 0.717) is 17.9 Å². The van der Waals surface area contributed by atoms with E-state index in [1.807, 2.05) is 55.5 Å². The van der Waals surface area contributed by atoms with Crippen LogP contribution in [0.5, 0.6) is 0 Å². The maximum Gasteiger partial charge on any atom is 0.255 e. The molecule has 3 aromatic rings. The number of hydrogen-bond donors (Lipinski definition) is 2. The number of pyridine rings is 1. The molecule has 0 saturated carbocycles. The zero-order chi connectivity index (χ0) is 18.4. The number of aromatic nitrogens is 1. The molecule has 3 rings (SSSR count). The van der Waals surface area contributed by atoms with E-state index in [1.54, 1.807) is 18.3 Å². The molecule has 2 aromatic carbocycles. The first-order valence-corrected chi connectivity index (χ1v) is 8.80. The van der Waals surface area contributed by atoms with Gasteiger partial charge in [0.05, 0.1) is 0 Å². The van der Waals surface area contributed by atoms with E-state index < -0.39 is 0 Å². The van der Waals surface area contributed by atoms with Crippen LogP contribution in [0.15, 0.2) is 66.9 Å². The van der Waals surface area contributed by atoms with Gasteiger partial charge in [-0.1, -0.05) is 35.9 Å². The summed E-state index contributed by atoms with van der Waals surface area (Å²) in [4.78, 5) is 16.7. The first-order valence-electron chi connectivity index (χ1n) is 8.42. The van der Waals surface area contributed by atoms with Crippen LogP contribution < -0.4 is 10.6 Å². The smallest absolute Gasteiger partial charge is 0.255 e. The van der Waals surface area contributed by atoms with Crippen LogP contribution in [0.4, 0.5) is 11.5 Å². The Hall–Kier alpha value is -2.85. The first-order chi connectivity index (χ1) is 12.6. The Morgan fingerprint density at radius 3 is 2.73 bits per heavy atom. The lowest BCUT2D eigenvalue weighted by Crippen LogP contribution is -2.13. The van der Waals surface area contributed by atoms with E-state index in [0.717, 1.165) is 28.3 Å². The summed E-state index contributed by atoms with van der Waals surface area (Å²) in [5, 5.41) is 6.88. The number of hydrogen-bond acceptors (Lipinski definition) is 3. The van der Waals surface area contributed by atoms with Gasteiger partial charge in [0.1, 0.15) is 5.82 Å². The van der Waals surface area contributed by atoms with Crippen molar-refractivity contribution in [1.82, 2.24) is 4.98 Å². The molecule has 0 atom stereocenters. The van der Waals surface area contributed by atoms with Gasteiger partial charge >= 0.3 is 0 Å². The zero-order valence-corrected chi connectivity index (χ0v) is 15.3. The molecule has 0 unspecified atom stereocenters. The third-order valence-electron chi connectivity index (χ3n) is 3.91. The zero-order valence-electron chi connectivity index (χ0n) is 14.5. The van der Waals surface area contributed by atoms with E-state index in [9.17, 15) is 4.79 Å². The molecule has 0 aliphatic rings. The molecular formula is C21H20ClN3O. The maximum atomic E-state index is 12.4. The number of benzene rings is 2. The Balaban J connectivity index is 1.59. The molecule has 5 heteroatoms. The molecule has 0 aliphatic heterocycles. The fourth-order valence-corrected chi connectivity index (χ4v) is 2.83. The number of anilines is 2. The van der Waals surface area contributed by atoms with E-state index >= 15 is 0 Å². The molecule has 0 saturated heterocycles. The lowest BCUT2D eigenvalue weighted by Gasteiger charge is -2.09. The Kier molecular flexibility index (Phi) is 5.87. The van der Waals surface area contributed by atoms with Gasteiger partial charge < -0.3 is 10.6 Å². The van der Waals surface area contributed by atoms with Crippen LogP contribution in [0.2, 0.25) is 5.02 Å². The number of amides is 1. The molecular weight excluding hydrogens is 346 g/mol. The SMILES string of the molecule is Cc1cccc(NC(=O)c2ccnc(NCCc3cccc(Cl)c3)c2)c1. The Bertz CT molecular complexity index is 911. The van der Waals surface area contributed by atoms with Crippen molar-refractivity contribution in [2.75, 3.05) is 17.2 Å². The highest BCUT2D eigenvalue weighted by molar-refractivity contribution is 6.30. The largest absolute Gasteiger partial charge is 0.370 e. The summed E-state index contributed by atoms with van der Waals surface area (Å²) in [6, 6.07) is 18.9. The number of carbonyl (C=O) groups excluding carboxylic acids is 1. The molecule has 1 heterocycles. The first kappa shape index (κ1) is 18.0. The van der Waals surface area contributed by atoms with Crippen LogP contribution in [-0.4, -0.2) is 17.4 Å². The van der Waals surface area contributed by atoms with Crippen LogP contribution >= 0.6 is 11.6 Å². The van der Waals surface area contributed by atoms with Crippen molar-refractivity contribution in [2.45, 2.75) is 13.3 Å². The molecule has 0 radical (unpaired) electrons. The Morgan fingerprint density at radius 1 is 1.08 bits per heavy atom. The Labute approximate surface area is 158 Å². The fourth-order valence-electron chi connectivity index (χ4n) is 2.62. The molecule has 1 amide bonds. The molecule has 4 nitrogen and oxygen atoms in total. The highest BCUT2D eigenvalue weighted by Crippen LogP contribution is 2.14. The van der Waals surface area contributed by atoms with Crippen molar-refractivity contribution in [3.8, 4) is 0 Å². The third-order valence-corrected chi connectivity index (χ3v) is 4.14. The van der Waals surface area contributed by atoms with E-state index in [2.05, 4.69) is 15.6 Å². The van der Waals surface area contributed by atoms with Gasteiger partial charge in [0.25, 0.3) is 5.91 Å². The van der Waals surface area contributed by atoms with E-state index in [1.165, 1.54) is 0 Å². The van der Waals surface area contributed by atoms with Gasteiger partial charge in [0.2, 0.25) is 0 Å². The standard InChI is InChI=1S/C21H20ClN3O/c1-15-4-2-7-19(12-15)25-21(26)17-9-11-24-20(14-17)23-10-8-16-5-3-6-18(22)13-16/h2-7,9,11-14H,8,10H2,1H3,(H,23,24)(H,25,26). The summed E-state index contributed by atoms with van der Waals surface area (Å²) < 4.78 is 0. The number of nitrogens with one attached hydrogen (secondary N) is 2. The van der Waals surface area contributed by atoms with Crippen LogP contribution in [0.25, 0.3) is 0 Å². The summed E-state index contributed by atoms with van der Waals surface area (Å²) >= 11 is 6.00. The summed E-state index contributed by atoms with van der Waals surface area (Å²) in [6.45, 7) is 2.69. The molecule has 132 valence electrons. The van der Waals surface area contributed by atoms with Gasteiger partial charge in [-0.2, -0.15) is 0 Å². The summed E-state index contributed by atoms with van der Waals surface area (Å²) in [6.07, 6.45) is 2.45. The second-order valence-electron chi connectivity index (χ2n) is 6.06. The van der Waals surface area contributed by atoms with Gasteiger partial charge in [-0.25, -0.2) is 4.98 Å². The molecule has 2 N–H and O–H groups in total. The minimum Gasteiger partial charge on any atom is -0.370 e. The highest BCUT2D eigenvalue weighted by atomic mass is 35.5. The van der Waals surface area contributed by atoms with Crippen LogP contribution in [0.1, 0.15) is 21.5 Å². The predicted molar refractivity (Wildman–Crippen MR) is 107 cm³/mol. The van der Waals surface area contributed by atoms with Crippen molar-refractivity contribution < 1.29 is 4.79 Å². The Morgan fingerprint density at radius 2 is 1.92 bits per heavy atom. The highest BCUT2D eigenvalue weighted by Gasteiger charge is 2.07. The van der Waals surface area contributed by atoms with Crippen molar-refractivity contribution >= 4 is 29.0 Å². The van der Waals surface area contributed by atoms with Gasteiger partial charge in [0, 0.05) is 29.0 Å². The molecule has 26 heavy (non-hydrogen) atoms. The number of rotatable bonds is 6. The summed E-state index contributed by atoms with van der Waals surface area (Å²) in [7, 11) is 0. The van der Waals surface area contributed by atoms with Gasteiger partial charge in [-0.15, -0.1) is 0 Å². The molecule has 0 bridgehead atoms. The number of aryl methyl sites for hydroxylation is 1. The average molecular weight is 366 g/mol. The second-order valence-corrected chi connectivity index (χ2v) is 6.50. The van der Waals surface area contributed by atoms with Gasteiger partial charge in [-0.05, 0) is 60.9 Å². The van der Waals surface area contributed by atoms with Gasteiger partial charge in [0.15, 0.2) is 0 Å². The third kappa shape index (κ3) is 5.07.